The Hall–Kier alpha value is -1.50. The highest BCUT2D eigenvalue weighted by atomic mass is 32.2. The molecule has 2 amide bonds. The third kappa shape index (κ3) is 3.25. The lowest BCUT2D eigenvalue weighted by atomic mass is 10.3. The van der Waals surface area contributed by atoms with Crippen LogP contribution in [0.25, 0.3) is 0 Å². The van der Waals surface area contributed by atoms with Crippen LogP contribution in [0, 0.1) is 0 Å². The molecule has 7 heteroatoms. The van der Waals surface area contributed by atoms with Gasteiger partial charge in [-0.05, 0) is 0 Å². The average Bonchev–Trinajstić information content (AvgIpc) is 2.98. The van der Waals surface area contributed by atoms with E-state index < -0.39 is 0 Å². The van der Waals surface area contributed by atoms with E-state index >= 15 is 0 Å². The number of imidazole rings is 1. The van der Waals surface area contributed by atoms with Gasteiger partial charge in [0.15, 0.2) is 0 Å². The molecule has 1 aliphatic rings. The molecule has 1 aromatic heterocycles. The van der Waals surface area contributed by atoms with Crippen molar-refractivity contribution in [1.82, 2.24) is 19.8 Å². The van der Waals surface area contributed by atoms with Crippen molar-refractivity contribution in [3.8, 4) is 0 Å². The molecule has 0 unspecified atom stereocenters. The largest absolute Gasteiger partial charge is 0.347 e. The fourth-order valence-electron chi connectivity index (χ4n) is 1.75. The van der Waals surface area contributed by atoms with Gasteiger partial charge in [-0.1, -0.05) is 11.8 Å². The molecular weight excluding hydrogens is 252 g/mol. The number of aromatic nitrogens is 2. The summed E-state index contributed by atoms with van der Waals surface area (Å²) in [6.07, 6.45) is 3.76. The fraction of sp³-hybridized carbons (Fsp3) is 0.545. The minimum Gasteiger partial charge on any atom is -0.347 e. The summed E-state index contributed by atoms with van der Waals surface area (Å²) < 4.78 is 0. The smallest absolute Gasteiger partial charge is 0.281 e. The molecule has 1 aliphatic heterocycles. The number of nitrogens with one attached hydrogen (secondary N) is 1. The third-order valence-electron chi connectivity index (χ3n) is 2.81. The maximum Gasteiger partial charge on any atom is 0.281 e. The number of carbonyl (C=O) groups excluding carboxylic acids is 2. The lowest BCUT2D eigenvalue weighted by Crippen LogP contribution is -2.32. The van der Waals surface area contributed by atoms with Crippen LogP contribution in [-0.2, 0) is 11.3 Å². The first-order valence-electron chi connectivity index (χ1n) is 5.81. The van der Waals surface area contributed by atoms with Crippen LogP contribution in [0.2, 0.25) is 0 Å². The van der Waals surface area contributed by atoms with Crippen molar-refractivity contribution < 1.29 is 9.59 Å². The third-order valence-corrected chi connectivity index (χ3v) is 3.70. The van der Waals surface area contributed by atoms with E-state index in [1.807, 2.05) is 0 Å². The van der Waals surface area contributed by atoms with Gasteiger partial charge in [-0.2, -0.15) is 0 Å². The van der Waals surface area contributed by atoms with E-state index in [1.54, 1.807) is 29.2 Å². The van der Waals surface area contributed by atoms with Gasteiger partial charge < -0.3 is 14.8 Å². The summed E-state index contributed by atoms with van der Waals surface area (Å²) in [6.45, 7) is 1.72. The molecule has 1 aromatic rings. The molecule has 98 valence electrons. The van der Waals surface area contributed by atoms with Gasteiger partial charge in [-0.3, -0.25) is 9.59 Å². The molecule has 6 nitrogen and oxygen atoms in total. The summed E-state index contributed by atoms with van der Waals surface area (Å²) in [5, 5.41) is 0.0801. The number of hydrogen-bond donors (Lipinski definition) is 1. The first-order valence-corrected chi connectivity index (χ1v) is 6.79. The first-order chi connectivity index (χ1) is 8.66. The second-order valence-electron chi connectivity index (χ2n) is 4.14. The SMILES string of the molecule is CN(Cc1ncc[nH]1)C(=O)CCN1CCSC1=O. The van der Waals surface area contributed by atoms with Gasteiger partial charge in [0.05, 0.1) is 6.54 Å². The zero-order valence-corrected chi connectivity index (χ0v) is 11.1. The molecule has 18 heavy (non-hydrogen) atoms. The molecule has 0 aliphatic carbocycles. The zero-order valence-electron chi connectivity index (χ0n) is 10.3. The molecule has 1 saturated heterocycles. The number of hydrogen-bond acceptors (Lipinski definition) is 4. The Bertz CT molecular complexity index is 421. The summed E-state index contributed by atoms with van der Waals surface area (Å²) in [4.78, 5) is 33.6. The summed E-state index contributed by atoms with van der Waals surface area (Å²) in [5.41, 5.74) is 0. The van der Waals surface area contributed by atoms with Crippen molar-refractivity contribution in [2.45, 2.75) is 13.0 Å². The van der Waals surface area contributed by atoms with Gasteiger partial charge in [0.2, 0.25) is 5.91 Å². The average molecular weight is 268 g/mol. The minimum atomic E-state index is 0.0242. The van der Waals surface area contributed by atoms with E-state index in [-0.39, 0.29) is 11.1 Å². The Labute approximate surface area is 110 Å². The van der Waals surface area contributed by atoms with E-state index in [0.29, 0.717) is 19.5 Å². The standard InChI is InChI=1S/C11H16N4O2S/c1-14(8-9-12-3-4-13-9)10(16)2-5-15-6-7-18-11(15)17/h3-4H,2,5-8H2,1H3,(H,12,13). The van der Waals surface area contributed by atoms with Crippen molar-refractivity contribution in [3.05, 3.63) is 18.2 Å². The fourth-order valence-corrected chi connectivity index (χ4v) is 2.60. The molecule has 2 heterocycles. The van der Waals surface area contributed by atoms with Crippen LogP contribution in [0.4, 0.5) is 4.79 Å². The predicted octanol–water partition coefficient (Wildman–Crippen LogP) is 0.927. The maximum absolute atomic E-state index is 11.9. The summed E-state index contributed by atoms with van der Waals surface area (Å²) >= 11 is 1.32. The molecule has 2 rings (SSSR count). The van der Waals surface area contributed by atoms with Crippen LogP contribution in [0.3, 0.4) is 0 Å². The molecule has 0 spiro atoms. The number of nitrogens with zero attached hydrogens (tertiary/aromatic N) is 3. The Morgan fingerprint density at radius 2 is 2.50 bits per heavy atom. The van der Waals surface area contributed by atoms with Gasteiger partial charge in [0.25, 0.3) is 5.24 Å². The Balaban J connectivity index is 1.75. The topological polar surface area (TPSA) is 69.3 Å². The molecule has 0 bridgehead atoms. The van der Waals surface area contributed by atoms with Crippen molar-refractivity contribution in [2.75, 3.05) is 25.9 Å². The van der Waals surface area contributed by atoms with Crippen LogP contribution in [-0.4, -0.2) is 56.8 Å². The molecule has 0 saturated carbocycles. The van der Waals surface area contributed by atoms with Gasteiger partial charge in [-0.25, -0.2) is 4.98 Å². The van der Waals surface area contributed by atoms with E-state index in [0.717, 1.165) is 18.1 Å². The highest BCUT2D eigenvalue weighted by Gasteiger charge is 2.22. The first kappa shape index (κ1) is 12.9. The van der Waals surface area contributed by atoms with Crippen LogP contribution < -0.4 is 0 Å². The van der Waals surface area contributed by atoms with Gasteiger partial charge in [-0.15, -0.1) is 0 Å². The van der Waals surface area contributed by atoms with Gasteiger partial charge in [0, 0.05) is 44.7 Å². The highest BCUT2D eigenvalue weighted by Crippen LogP contribution is 2.17. The lowest BCUT2D eigenvalue weighted by Gasteiger charge is -2.18. The number of rotatable bonds is 5. The van der Waals surface area contributed by atoms with E-state index in [9.17, 15) is 9.59 Å². The lowest BCUT2D eigenvalue weighted by molar-refractivity contribution is -0.130. The van der Waals surface area contributed by atoms with E-state index in [4.69, 9.17) is 0 Å². The Kier molecular flexibility index (Phi) is 4.24. The quantitative estimate of drug-likeness (QED) is 0.862. The van der Waals surface area contributed by atoms with Crippen molar-refractivity contribution >= 4 is 22.9 Å². The van der Waals surface area contributed by atoms with E-state index in [2.05, 4.69) is 9.97 Å². The van der Waals surface area contributed by atoms with Crippen LogP contribution in [0.1, 0.15) is 12.2 Å². The molecular formula is C11H16N4O2S. The number of amides is 2. The summed E-state index contributed by atoms with van der Waals surface area (Å²) in [7, 11) is 1.74. The summed E-state index contributed by atoms with van der Waals surface area (Å²) in [5.74, 6) is 1.62. The van der Waals surface area contributed by atoms with Crippen molar-refractivity contribution in [2.24, 2.45) is 0 Å². The number of carbonyl (C=O) groups is 2. The normalized spacial score (nSPS) is 15.2. The Morgan fingerprint density at radius 1 is 1.67 bits per heavy atom. The molecule has 1 N–H and O–H groups in total. The van der Waals surface area contributed by atoms with Crippen LogP contribution in [0.5, 0.6) is 0 Å². The number of thioether (sulfide) groups is 1. The van der Waals surface area contributed by atoms with Crippen molar-refractivity contribution in [3.63, 3.8) is 0 Å². The summed E-state index contributed by atoms with van der Waals surface area (Å²) in [6, 6.07) is 0. The van der Waals surface area contributed by atoms with Gasteiger partial charge >= 0.3 is 0 Å². The zero-order chi connectivity index (χ0) is 13.0. The number of aromatic amines is 1. The minimum absolute atomic E-state index is 0.0242. The van der Waals surface area contributed by atoms with E-state index in [1.165, 1.54) is 11.8 Å². The predicted molar refractivity (Wildman–Crippen MR) is 69.1 cm³/mol. The molecule has 0 aromatic carbocycles. The second kappa shape index (κ2) is 5.90. The van der Waals surface area contributed by atoms with Gasteiger partial charge in [0.1, 0.15) is 5.82 Å². The molecule has 1 fully saturated rings. The Morgan fingerprint density at radius 3 is 3.11 bits per heavy atom. The monoisotopic (exact) mass is 268 g/mol. The second-order valence-corrected chi connectivity index (χ2v) is 5.18. The molecule has 0 atom stereocenters. The van der Waals surface area contributed by atoms with Crippen LogP contribution in [0.15, 0.2) is 12.4 Å². The highest BCUT2D eigenvalue weighted by molar-refractivity contribution is 8.13. The maximum atomic E-state index is 11.9. The van der Waals surface area contributed by atoms with Crippen molar-refractivity contribution in [1.29, 1.82) is 0 Å². The number of H-pyrrole nitrogens is 1. The van der Waals surface area contributed by atoms with Crippen LogP contribution >= 0.6 is 11.8 Å². The molecule has 0 radical (unpaired) electrons.